The van der Waals surface area contributed by atoms with E-state index in [4.69, 9.17) is 4.74 Å². The van der Waals surface area contributed by atoms with Gasteiger partial charge in [-0.3, -0.25) is 4.79 Å². The fourth-order valence-electron chi connectivity index (χ4n) is 2.08. The van der Waals surface area contributed by atoms with Gasteiger partial charge in [-0.05, 0) is 43.1 Å². The van der Waals surface area contributed by atoms with E-state index >= 15 is 0 Å². The summed E-state index contributed by atoms with van der Waals surface area (Å²) < 4.78 is 5.07. The van der Waals surface area contributed by atoms with Crippen molar-refractivity contribution in [2.24, 2.45) is 5.92 Å². The van der Waals surface area contributed by atoms with E-state index in [9.17, 15) is 4.79 Å². The number of hydrogen-bond donors (Lipinski definition) is 1. The van der Waals surface area contributed by atoms with Gasteiger partial charge in [-0.15, -0.1) is 0 Å². The van der Waals surface area contributed by atoms with Crippen LogP contribution in [0.1, 0.15) is 43.5 Å². The van der Waals surface area contributed by atoms with Crippen LogP contribution in [0.2, 0.25) is 0 Å². The third-order valence-corrected chi connectivity index (χ3v) is 3.58. The molecular weight excluding hydrogens is 238 g/mol. The van der Waals surface area contributed by atoms with Gasteiger partial charge < -0.3 is 10.1 Å². The monoisotopic (exact) mass is 263 g/mol. The maximum absolute atomic E-state index is 11.9. The molecule has 0 radical (unpaired) electrons. The number of hydrogen-bond acceptors (Lipinski definition) is 3. The Kier molecular flexibility index (Phi) is 7.19. The molecule has 1 N–H and O–H groups in total. The first-order valence-corrected chi connectivity index (χ1v) is 7.09. The Bertz CT molecular complexity index is 369. The van der Waals surface area contributed by atoms with Crippen molar-refractivity contribution in [3.63, 3.8) is 0 Å². The van der Waals surface area contributed by atoms with E-state index in [-0.39, 0.29) is 5.78 Å². The van der Waals surface area contributed by atoms with Crippen LogP contribution in [-0.4, -0.2) is 26.0 Å². The highest BCUT2D eigenvalue weighted by atomic mass is 16.5. The lowest BCUT2D eigenvalue weighted by molar-refractivity contribution is 0.0990. The number of benzene rings is 1. The minimum Gasteiger partial charge on any atom is -0.497 e. The molecule has 0 heterocycles. The highest BCUT2D eigenvalue weighted by Gasteiger charge is 2.06. The van der Waals surface area contributed by atoms with Crippen molar-refractivity contribution in [3.05, 3.63) is 29.8 Å². The number of nitrogens with one attached hydrogen (secondary N) is 1. The Morgan fingerprint density at radius 3 is 2.37 bits per heavy atom. The number of ether oxygens (including phenoxy) is 1. The van der Waals surface area contributed by atoms with Crippen LogP contribution in [0.4, 0.5) is 0 Å². The first-order valence-electron chi connectivity index (χ1n) is 7.09. The average Bonchev–Trinajstić information content (AvgIpc) is 2.47. The van der Waals surface area contributed by atoms with Gasteiger partial charge in [0.25, 0.3) is 0 Å². The predicted molar refractivity (Wildman–Crippen MR) is 78.9 cm³/mol. The molecule has 0 aliphatic carbocycles. The molecule has 19 heavy (non-hydrogen) atoms. The lowest BCUT2D eigenvalue weighted by Gasteiger charge is -2.12. The second-order valence-corrected chi connectivity index (χ2v) is 4.80. The van der Waals surface area contributed by atoms with Gasteiger partial charge in [0.15, 0.2) is 5.78 Å². The van der Waals surface area contributed by atoms with Crippen LogP contribution in [0.15, 0.2) is 24.3 Å². The Hall–Kier alpha value is -1.35. The number of methoxy groups -OCH3 is 1. The van der Waals surface area contributed by atoms with Crippen molar-refractivity contribution < 1.29 is 9.53 Å². The summed E-state index contributed by atoms with van der Waals surface area (Å²) in [6.45, 7) is 5.76. The van der Waals surface area contributed by atoms with Crippen LogP contribution in [-0.2, 0) is 0 Å². The largest absolute Gasteiger partial charge is 0.497 e. The molecule has 0 aliphatic heterocycles. The van der Waals surface area contributed by atoms with E-state index in [1.165, 1.54) is 12.8 Å². The van der Waals surface area contributed by atoms with Gasteiger partial charge in [0.05, 0.1) is 13.7 Å². The summed E-state index contributed by atoms with van der Waals surface area (Å²) in [7, 11) is 1.62. The fourth-order valence-corrected chi connectivity index (χ4v) is 2.08. The van der Waals surface area contributed by atoms with Gasteiger partial charge in [-0.1, -0.05) is 26.7 Å². The predicted octanol–water partition coefficient (Wildman–Crippen LogP) is 3.29. The van der Waals surface area contributed by atoms with Crippen molar-refractivity contribution in [3.8, 4) is 5.75 Å². The second-order valence-electron chi connectivity index (χ2n) is 4.80. The quantitative estimate of drug-likeness (QED) is 0.549. The van der Waals surface area contributed by atoms with Crippen molar-refractivity contribution in [1.82, 2.24) is 5.32 Å². The lowest BCUT2D eigenvalue weighted by atomic mass is 10.00. The molecule has 106 valence electrons. The Labute approximate surface area is 116 Å². The fraction of sp³-hybridized carbons (Fsp3) is 0.562. The zero-order chi connectivity index (χ0) is 14.1. The molecule has 1 aromatic carbocycles. The van der Waals surface area contributed by atoms with Gasteiger partial charge in [-0.2, -0.15) is 0 Å². The maximum atomic E-state index is 11.9. The SMILES string of the molecule is CCC(CC)CCNCC(=O)c1ccc(OC)cc1. The highest BCUT2D eigenvalue weighted by molar-refractivity contribution is 5.97. The summed E-state index contributed by atoms with van der Waals surface area (Å²) in [5, 5.41) is 3.23. The Morgan fingerprint density at radius 2 is 1.84 bits per heavy atom. The van der Waals surface area contributed by atoms with E-state index in [2.05, 4.69) is 19.2 Å². The first kappa shape index (κ1) is 15.7. The third-order valence-electron chi connectivity index (χ3n) is 3.58. The molecule has 1 rings (SSSR count). The lowest BCUT2D eigenvalue weighted by Crippen LogP contribution is -2.25. The normalized spacial score (nSPS) is 10.7. The highest BCUT2D eigenvalue weighted by Crippen LogP contribution is 2.12. The zero-order valence-electron chi connectivity index (χ0n) is 12.2. The van der Waals surface area contributed by atoms with Gasteiger partial charge in [0.2, 0.25) is 0 Å². The minimum absolute atomic E-state index is 0.132. The van der Waals surface area contributed by atoms with Gasteiger partial charge in [0.1, 0.15) is 5.75 Å². The van der Waals surface area contributed by atoms with Crippen LogP contribution in [0.25, 0.3) is 0 Å². The molecular formula is C16H25NO2. The summed E-state index contributed by atoms with van der Waals surface area (Å²) in [6, 6.07) is 7.25. The smallest absolute Gasteiger partial charge is 0.176 e. The van der Waals surface area contributed by atoms with Crippen LogP contribution < -0.4 is 10.1 Å². The number of carbonyl (C=O) groups is 1. The number of Topliss-reactive ketones (excluding diaryl/α,β-unsaturated/α-hetero) is 1. The molecule has 0 unspecified atom stereocenters. The van der Waals surface area contributed by atoms with E-state index in [0.717, 1.165) is 30.2 Å². The summed E-state index contributed by atoms with van der Waals surface area (Å²) in [5.41, 5.74) is 0.732. The van der Waals surface area contributed by atoms with E-state index in [1.807, 2.05) is 24.3 Å². The summed E-state index contributed by atoms with van der Waals surface area (Å²) >= 11 is 0. The van der Waals surface area contributed by atoms with E-state index in [0.29, 0.717) is 6.54 Å². The number of rotatable bonds is 9. The molecule has 0 atom stereocenters. The first-order chi connectivity index (χ1) is 9.21. The molecule has 3 nitrogen and oxygen atoms in total. The Balaban J connectivity index is 2.30. The molecule has 0 aliphatic rings. The van der Waals surface area contributed by atoms with Crippen LogP contribution >= 0.6 is 0 Å². The molecule has 1 aromatic rings. The molecule has 0 aromatic heterocycles. The maximum Gasteiger partial charge on any atom is 0.176 e. The molecule has 0 bridgehead atoms. The molecule has 0 saturated heterocycles. The summed E-state index contributed by atoms with van der Waals surface area (Å²) in [6.07, 6.45) is 3.57. The molecule has 0 amide bonds. The van der Waals surface area contributed by atoms with Gasteiger partial charge in [-0.25, -0.2) is 0 Å². The molecule has 0 fully saturated rings. The number of carbonyl (C=O) groups excluding carboxylic acids is 1. The Morgan fingerprint density at radius 1 is 1.21 bits per heavy atom. The van der Waals surface area contributed by atoms with Crippen LogP contribution in [0.5, 0.6) is 5.75 Å². The summed E-state index contributed by atoms with van der Waals surface area (Å²) in [4.78, 5) is 11.9. The van der Waals surface area contributed by atoms with Crippen molar-refractivity contribution in [2.45, 2.75) is 33.1 Å². The van der Waals surface area contributed by atoms with Crippen molar-refractivity contribution in [1.29, 1.82) is 0 Å². The third kappa shape index (κ3) is 5.43. The molecule has 3 heteroatoms. The van der Waals surface area contributed by atoms with Gasteiger partial charge >= 0.3 is 0 Å². The van der Waals surface area contributed by atoms with Crippen molar-refractivity contribution in [2.75, 3.05) is 20.2 Å². The van der Waals surface area contributed by atoms with E-state index < -0.39 is 0 Å². The molecule has 0 saturated carbocycles. The second kappa shape index (κ2) is 8.70. The van der Waals surface area contributed by atoms with Crippen LogP contribution in [0, 0.1) is 5.92 Å². The average molecular weight is 263 g/mol. The summed E-state index contributed by atoms with van der Waals surface area (Å²) in [5.74, 6) is 1.68. The number of ketones is 1. The minimum atomic E-state index is 0.132. The van der Waals surface area contributed by atoms with E-state index in [1.54, 1.807) is 7.11 Å². The van der Waals surface area contributed by atoms with Gasteiger partial charge in [0, 0.05) is 5.56 Å². The molecule has 0 spiro atoms. The van der Waals surface area contributed by atoms with Crippen molar-refractivity contribution >= 4 is 5.78 Å². The standard InChI is InChI=1S/C16H25NO2/c1-4-13(5-2)10-11-17-12-16(18)14-6-8-15(19-3)9-7-14/h6-9,13,17H,4-5,10-12H2,1-3H3. The zero-order valence-corrected chi connectivity index (χ0v) is 12.2. The van der Waals surface area contributed by atoms with Crippen LogP contribution in [0.3, 0.4) is 0 Å². The topological polar surface area (TPSA) is 38.3 Å².